The molecule has 1 saturated carbocycles. The summed E-state index contributed by atoms with van der Waals surface area (Å²) >= 11 is 0. The Kier molecular flexibility index (Phi) is 4.20. The second-order valence-electron chi connectivity index (χ2n) is 7.22. The number of nitrogens with zero attached hydrogens (tertiary/aromatic N) is 1. The lowest BCUT2D eigenvalue weighted by Crippen LogP contribution is -2.43. The highest BCUT2D eigenvalue weighted by Crippen LogP contribution is 2.53. The Morgan fingerprint density at radius 3 is 2.78 bits per heavy atom. The van der Waals surface area contributed by atoms with Crippen LogP contribution in [-0.2, 0) is 0 Å². The smallest absolute Gasteiger partial charge is 0.0456 e. The van der Waals surface area contributed by atoms with Crippen molar-refractivity contribution >= 4 is 10.9 Å². The van der Waals surface area contributed by atoms with Crippen LogP contribution in [-0.4, -0.2) is 18.1 Å². The molecular formula is C21H27N2-. The summed E-state index contributed by atoms with van der Waals surface area (Å²) in [5.74, 6) is 0.821. The maximum atomic E-state index is 4.82. The summed E-state index contributed by atoms with van der Waals surface area (Å²) in [6.45, 7) is 12.9. The zero-order valence-corrected chi connectivity index (χ0v) is 14.5. The van der Waals surface area contributed by atoms with E-state index in [9.17, 15) is 0 Å². The van der Waals surface area contributed by atoms with Crippen LogP contribution in [0.1, 0.15) is 38.2 Å². The fourth-order valence-corrected chi connectivity index (χ4v) is 4.41. The predicted octanol–water partition coefficient (Wildman–Crippen LogP) is 5.80. The Hall–Kier alpha value is -1.80. The summed E-state index contributed by atoms with van der Waals surface area (Å²) in [5, 5.41) is 6.13. The van der Waals surface area contributed by atoms with E-state index in [0.717, 1.165) is 12.8 Å². The molecule has 0 unspecified atom stereocenters. The van der Waals surface area contributed by atoms with E-state index in [1.165, 1.54) is 22.0 Å². The van der Waals surface area contributed by atoms with Gasteiger partial charge in [-0.25, -0.2) is 0 Å². The largest absolute Gasteiger partial charge is 0.661 e. The van der Waals surface area contributed by atoms with Crippen LogP contribution in [0.3, 0.4) is 0 Å². The highest BCUT2D eigenvalue weighted by atomic mass is 14.9. The van der Waals surface area contributed by atoms with Gasteiger partial charge in [-0.05, 0) is 48.6 Å². The van der Waals surface area contributed by atoms with Crippen LogP contribution in [0.25, 0.3) is 16.2 Å². The molecule has 1 aliphatic carbocycles. The number of aromatic amines is 1. The van der Waals surface area contributed by atoms with E-state index in [-0.39, 0.29) is 11.5 Å². The van der Waals surface area contributed by atoms with Crippen LogP contribution in [0.2, 0.25) is 0 Å². The molecule has 0 aliphatic heterocycles. The van der Waals surface area contributed by atoms with Gasteiger partial charge in [0, 0.05) is 17.1 Å². The molecule has 1 aromatic heterocycles. The molecule has 122 valence electrons. The van der Waals surface area contributed by atoms with E-state index in [1.807, 2.05) is 7.05 Å². The molecule has 4 atom stereocenters. The normalized spacial score (nSPS) is 31.2. The number of likely N-dealkylation sites (N-methyl/N-ethyl adjacent to an activating group) is 1. The molecule has 0 spiro atoms. The lowest BCUT2D eigenvalue weighted by atomic mass is 9.59. The predicted molar refractivity (Wildman–Crippen MR) is 100.0 cm³/mol. The molecule has 23 heavy (non-hydrogen) atoms. The monoisotopic (exact) mass is 307 g/mol. The van der Waals surface area contributed by atoms with Crippen LogP contribution >= 0.6 is 0 Å². The molecule has 2 heteroatoms. The minimum Gasteiger partial charge on any atom is -0.661 e. The number of para-hydroxylation sites is 1. The Balaban J connectivity index is 2.16. The van der Waals surface area contributed by atoms with Gasteiger partial charge in [0.05, 0.1) is 0 Å². The molecule has 1 fully saturated rings. The Bertz CT molecular complexity index is 726. The van der Waals surface area contributed by atoms with Crippen LogP contribution in [0, 0.1) is 11.3 Å². The molecule has 0 saturated heterocycles. The number of nitrogens with one attached hydrogen (secondary N) is 1. The first-order valence-corrected chi connectivity index (χ1v) is 8.46. The lowest BCUT2D eigenvalue weighted by Gasteiger charge is -2.55. The first kappa shape index (κ1) is 16.1. The second kappa shape index (κ2) is 6.01. The van der Waals surface area contributed by atoms with Gasteiger partial charge in [-0.15, -0.1) is 12.6 Å². The third kappa shape index (κ3) is 2.55. The lowest BCUT2D eigenvalue weighted by molar-refractivity contribution is 0.191. The average Bonchev–Trinajstić information content (AvgIpc) is 2.97. The number of aromatic nitrogens is 1. The summed E-state index contributed by atoms with van der Waals surface area (Å²) in [4.78, 5) is 3.44. The van der Waals surface area contributed by atoms with E-state index in [2.05, 4.69) is 68.5 Å². The molecule has 2 aromatic rings. The van der Waals surface area contributed by atoms with Crippen molar-refractivity contribution in [3.8, 4) is 0 Å². The fourth-order valence-electron chi connectivity index (χ4n) is 4.41. The van der Waals surface area contributed by atoms with Crippen molar-refractivity contribution in [2.45, 2.75) is 38.6 Å². The molecule has 1 N–H and O–H groups in total. The summed E-state index contributed by atoms with van der Waals surface area (Å²) < 4.78 is 0. The first-order chi connectivity index (χ1) is 11.0. The third-order valence-electron chi connectivity index (χ3n) is 5.80. The molecule has 2 nitrogen and oxygen atoms in total. The summed E-state index contributed by atoms with van der Waals surface area (Å²) in [6.07, 6.45) is 6.56. The highest BCUT2D eigenvalue weighted by Gasteiger charge is 2.41. The fraction of sp³-hybridized carbons (Fsp3) is 0.429. The molecule has 3 rings (SSSR count). The molecule has 1 aromatic carbocycles. The first-order valence-electron chi connectivity index (χ1n) is 8.46. The van der Waals surface area contributed by atoms with Crippen molar-refractivity contribution in [1.29, 1.82) is 0 Å². The number of hydrogen-bond donors (Lipinski definition) is 1. The number of rotatable bonds is 4. The average molecular weight is 307 g/mol. The van der Waals surface area contributed by atoms with Crippen molar-refractivity contribution in [2.75, 3.05) is 7.05 Å². The van der Waals surface area contributed by atoms with Gasteiger partial charge in [-0.1, -0.05) is 43.4 Å². The molecule has 0 bridgehead atoms. The number of H-pyrrole nitrogens is 1. The van der Waals surface area contributed by atoms with Crippen LogP contribution in [0.5, 0.6) is 0 Å². The van der Waals surface area contributed by atoms with E-state index >= 15 is 0 Å². The van der Waals surface area contributed by atoms with Gasteiger partial charge in [-0.2, -0.15) is 7.05 Å². The van der Waals surface area contributed by atoms with E-state index in [1.54, 1.807) is 0 Å². The number of benzene rings is 1. The zero-order valence-electron chi connectivity index (χ0n) is 14.5. The number of allylic oxidation sites excluding steroid dienone is 1. The minimum absolute atomic E-state index is 0.0454. The van der Waals surface area contributed by atoms with Gasteiger partial charge in [-0.3, -0.25) is 0 Å². The van der Waals surface area contributed by atoms with Crippen LogP contribution in [0.15, 0.2) is 55.3 Å². The van der Waals surface area contributed by atoms with Gasteiger partial charge < -0.3 is 10.3 Å². The summed E-state index contributed by atoms with van der Waals surface area (Å²) in [5.41, 5.74) is 3.88. The van der Waals surface area contributed by atoms with Gasteiger partial charge in [0.25, 0.3) is 0 Å². The van der Waals surface area contributed by atoms with Gasteiger partial charge in [0.1, 0.15) is 0 Å². The summed E-state index contributed by atoms with van der Waals surface area (Å²) in [7, 11) is 1.95. The van der Waals surface area contributed by atoms with Gasteiger partial charge >= 0.3 is 0 Å². The van der Waals surface area contributed by atoms with Crippen LogP contribution < -0.4 is 0 Å². The van der Waals surface area contributed by atoms with E-state index < -0.39 is 0 Å². The van der Waals surface area contributed by atoms with E-state index in [0.29, 0.717) is 11.8 Å². The second-order valence-corrected chi connectivity index (χ2v) is 7.22. The van der Waals surface area contributed by atoms with Crippen molar-refractivity contribution in [3.05, 3.63) is 66.1 Å². The van der Waals surface area contributed by atoms with Gasteiger partial charge in [0.2, 0.25) is 0 Å². The summed E-state index contributed by atoms with van der Waals surface area (Å²) in [6, 6.07) is 8.78. The molecule has 1 heterocycles. The number of fused-ring (bicyclic) bond motifs is 1. The molecular weight excluding hydrogens is 280 g/mol. The number of hydrogen-bond acceptors (Lipinski definition) is 0. The third-order valence-corrected chi connectivity index (χ3v) is 5.80. The zero-order chi connectivity index (χ0) is 16.6. The Labute approximate surface area is 139 Å². The topological polar surface area (TPSA) is 29.9 Å². The van der Waals surface area contributed by atoms with Crippen molar-refractivity contribution in [3.63, 3.8) is 0 Å². The van der Waals surface area contributed by atoms with Crippen molar-refractivity contribution in [1.82, 2.24) is 4.98 Å². The van der Waals surface area contributed by atoms with Crippen LogP contribution in [0.4, 0.5) is 0 Å². The molecule has 1 aliphatic rings. The standard InChI is InChI=1S/C21H27N2/c1-6-21(4)12-11-15(14(2)3)19(20(21)22-5)17-13-23-18-10-8-7-9-16(17)18/h6-10,13,15,19-20,23H,1-2,11-12H2,3-5H3/q-1/t15-,19+,20-,21+/m1/s1. The van der Waals surface area contributed by atoms with Crippen molar-refractivity contribution < 1.29 is 0 Å². The maximum absolute atomic E-state index is 4.82. The Morgan fingerprint density at radius 2 is 2.13 bits per heavy atom. The van der Waals surface area contributed by atoms with Gasteiger partial charge in [0.15, 0.2) is 0 Å². The van der Waals surface area contributed by atoms with Crippen molar-refractivity contribution in [2.24, 2.45) is 11.3 Å². The quantitative estimate of drug-likeness (QED) is 0.692. The molecule has 0 radical (unpaired) electrons. The Morgan fingerprint density at radius 1 is 1.39 bits per heavy atom. The maximum Gasteiger partial charge on any atom is 0.0456 e. The molecule has 0 amide bonds. The minimum atomic E-state index is 0.0454. The highest BCUT2D eigenvalue weighted by molar-refractivity contribution is 5.84. The van der Waals surface area contributed by atoms with E-state index in [4.69, 9.17) is 5.32 Å². The SMILES string of the molecule is C=C[C@@]1(C)CC[C@H](C(=C)C)[C@@H](c2c[nH]c3ccccc23)[C@H]1[N-]C.